The summed E-state index contributed by atoms with van der Waals surface area (Å²) in [4.78, 5) is 8.47. The fraction of sp³-hybridized carbons (Fsp3) is 0.231. The van der Waals surface area contributed by atoms with Crippen LogP contribution in [0.1, 0.15) is 24.6 Å². The van der Waals surface area contributed by atoms with E-state index in [1.54, 1.807) is 6.07 Å². The second-order valence-corrected chi connectivity index (χ2v) is 4.88. The molecule has 1 aliphatic rings. The Labute approximate surface area is 114 Å². The molecule has 1 fully saturated rings. The number of phenols is 1. The standard InChI is InChI=1S/C13H11ClFN3O/c14-11-6-12(18-13(17-11)7-1-2-7)16-10-4-3-8(19)5-9(10)15/h3-7,19H,1-2H2,(H,16,17,18). The van der Waals surface area contributed by atoms with Crippen molar-refractivity contribution >= 4 is 23.1 Å². The molecule has 1 saturated carbocycles. The normalized spacial score (nSPS) is 14.4. The van der Waals surface area contributed by atoms with E-state index in [0.717, 1.165) is 18.9 Å². The topological polar surface area (TPSA) is 58.0 Å². The lowest BCUT2D eigenvalue weighted by Gasteiger charge is -2.08. The van der Waals surface area contributed by atoms with Crippen LogP contribution in [-0.4, -0.2) is 15.1 Å². The smallest absolute Gasteiger partial charge is 0.150 e. The number of aromatic nitrogens is 2. The quantitative estimate of drug-likeness (QED) is 0.666. The van der Waals surface area contributed by atoms with Crippen LogP contribution in [0, 0.1) is 5.82 Å². The first-order valence-corrected chi connectivity index (χ1v) is 6.29. The summed E-state index contributed by atoms with van der Waals surface area (Å²) in [7, 11) is 0. The predicted octanol–water partition coefficient (Wildman–Crippen LogP) is 3.60. The molecule has 0 radical (unpaired) electrons. The van der Waals surface area contributed by atoms with E-state index in [1.165, 1.54) is 12.1 Å². The van der Waals surface area contributed by atoms with Crippen LogP contribution in [0.5, 0.6) is 5.75 Å². The van der Waals surface area contributed by atoms with E-state index in [9.17, 15) is 4.39 Å². The SMILES string of the molecule is Oc1ccc(Nc2cc(Cl)nc(C3CC3)n2)c(F)c1. The Bertz CT molecular complexity index is 631. The van der Waals surface area contributed by atoms with Gasteiger partial charge in [-0.3, -0.25) is 0 Å². The molecule has 0 atom stereocenters. The number of nitrogens with zero attached hydrogens (tertiary/aromatic N) is 2. The minimum Gasteiger partial charge on any atom is -0.508 e. The van der Waals surface area contributed by atoms with Gasteiger partial charge in [-0.1, -0.05) is 11.6 Å². The first-order valence-electron chi connectivity index (χ1n) is 5.92. The monoisotopic (exact) mass is 279 g/mol. The Kier molecular flexibility index (Phi) is 2.98. The second-order valence-electron chi connectivity index (χ2n) is 4.50. The van der Waals surface area contributed by atoms with Gasteiger partial charge >= 0.3 is 0 Å². The highest BCUT2D eigenvalue weighted by atomic mass is 35.5. The Balaban J connectivity index is 1.89. The van der Waals surface area contributed by atoms with E-state index in [1.807, 2.05) is 0 Å². The van der Waals surface area contributed by atoms with Crippen LogP contribution in [0.3, 0.4) is 0 Å². The van der Waals surface area contributed by atoms with Gasteiger partial charge in [-0.25, -0.2) is 14.4 Å². The van der Waals surface area contributed by atoms with Gasteiger partial charge in [0, 0.05) is 18.1 Å². The predicted molar refractivity (Wildman–Crippen MR) is 70.4 cm³/mol. The first-order chi connectivity index (χ1) is 9.11. The highest BCUT2D eigenvalue weighted by molar-refractivity contribution is 6.29. The van der Waals surface area contributed by atoms with E-state index < -0.39 is 5.82 Å². The Hall–Kier alpha value is -1.88. The molecule has 4 nitrogen and oxygen atoms in total. The number of hydrogen-bond donors (Lipinski definition) is 2. The van der Waals surface area contributed by atoms with Crippen LogP contribution in [0.4, 0.5) is 15.9 Å². The largest absolute Gasteiger partial charge is 0.508 e. The van der Waals surface area contributed by atoms with E-state index in [0.29, 0.717) is 22.7 Å². The number of benzene rings is 1. The lowest BCUT2D eigenvalue weighted by molar-refractivity contribution is 0.469. The molecule has 0 unspecified atom stereocenters. The van der Waals surface area contributed by atoms with Crippen LogP contribution in [0.2, 0.25) is 5.15 Å². The molecular weight excluding hydrogens is 269 g/mol. The Morgan fingerprint density at radius 2 is 2.05 bits per heavy atom. The van der Waals surface area contributed by atoms with Gasteiger partial charge in [0.05, 0.1) is 5.69 Å². The third-order valence-electron chi connectivity index (χ3n) is 2.87. The van der Waals surface area contributed by atoms with Crippen molar-refractivity contribution in [3.05, 3.63) is 41.1 Å². The highest BCUT2D eigenvalue weighted by Gasteiger charge is 2.27. The maximum atomic E-state index is 13.6. The minimum absolute atomic E-state index is 0.123. The van der Waals surface area contributed by atoms with Crippen LogP contribution in [-0.2, 0) is 0 Å². The van der Waals surface area contributed by atoms with Crippen LogP contribution < -0.4 is 5.32 Å². The Morgan fingerprint density at radius 3 is 2.74 bits per heavy atom. The van der Waals surface area contributed by atoms with Crippen LogP contribution >= 0.6 is 11.6 Å². The zero-order valence-electron chi connectivity index (χ0n) is 9.90. The zero-order chi connectivity index (χ0) is 13.4. The van der Waals surface area contributed by atoms with Gasteiger partial charge in [0.1, 0.15) is 28.4 Å². The summed E-state index contributed by atoms with van der Waals surface area (Å²) in [6, 6.07) is 5.42. The number of aromatic hydroxyl groups is 1. The molecule has 2 N–H and O–H groups in total. The number of phenolic OH excluding ortho intramolecular Hbond substituents is 1. The number of rotatable bonds is 3. The number of anilines is 2. The lowest BCUT2D eigenvalue weighted by atomic mass is 10.3. The summed E-state index contributed by atoms with van der Waals surface area (Å²) in [5.74, 6) is 0.828. The average molecular weight is 280 g/mol. The number of hydrogen-bond acceptors (Lipinski definition) is 4. The molecule has 1 aromatic carbocycles. The molecule has 3 rings (SSSR count). The third-order valence-corrected chi connectivity index (χ3v) is 3.06. The molecule has 0 amide bonds. The molecule has 98 valence electrons. The third kappa shape index (κ3) is 2.76. The molecule has 0 aliphatic heterocycles. The fourth-order valence-corrected chi connectivity index (χ4v) is 1.96. The van der Waals surface area contributed by atoms with Gasteiger partial charge in [-0.15, -0.1) is 0 Å². The van der Waals surface area contributed by atoms with Crippen molar-refractivity contribution in [1.29, 1.82) is 0 Å². The van der Waals surface area contributed by atoms with Crippen molar-refractivity contribution < 1.29 is 9.50 Å². The maximum absolute atomic E-state index is 13.6. The van der Waals surface area contributed by atoms with Crippen molar-refractivity contribution in [2.45, 2.75) is 18.8 Å². The van der Waals surface area contributed by atoms with E-state index >= 15 is 0 Å². The summed E-state index contributed by atoms with van der Waals surface area (Å²) in [6.45, 7) is 0. The molecule has 0 spiro atoms. The highest BCUT2D eigenvalue weighted by Crippen LogP contribution is 2.39. The van der Waals surface area contributed by atoms with Gasteiger partial charge in [-0.05, 0) is 25.0 Å². The molecule has 6 heteroatoms. The van der Waals surface area contributed by atoms with E-state index in [4.69, 9.17) is 16.7 Å². The average Bonchev–Trinajstić information content (AvgIpc) is 3.16. The molecule has 1 aromatic heterocycles. The molecular formula is C13H11ClFN3O. The summed E-state index contributed by atoms with van der Waals surface area (Å²) in [6.07, 6.45) is 2.13. The van der Waals surface area contributed by atoms with Gasteiger partial charge in [0.25, 0.3) is 0 Å². The Morgan fingerprint density at radius 1 is 1.26 bits per heavy atom. The first kappa shape index (κ1) is 12.2. The van der Waals surface area contributed by atoms with Crippen molar-refractivity contribution in [3.63, 3.8) is 0 Å². The number of nitrogens with one attached hydrogen (secondary N) is 1. The van der Waals surface area contributed by atoms with Crippen molar-refractivity contribution in [1.82, 2.24) is 9.97 Å². The molecule has 1 heterocycles. The van der Waals surface area contributed by atoms with Gasteiger partial charge in [-0.2, -0.15) is 0 Å². The zero-order valence-corrected chi connectivity index (χ0v) is 10.7. The summed E-state index contributed by atoms with van der Waals surface area (Å²) >= 11 is 5.93. The fourth-order valence-electron chi connectivity index (χ4n) is 1.77. The summed E-state index contributed by atoms with van der Waals surface area (Å²) < 4.78 is 13.6. The minimum atomic E-state index is -0.553. The lowest BCUT2D eigenvalue weighted by Crippen LogP contribution is -2.00. The van der Waals surface area contributed by atoms with Crippen LogP contribution in [0.25, 0.3) is 0 Å². The van der Waals surface area contributed by atoms with Crippen LogP contribution in [0.15, 0.2) is 24.3 Å². The van der Waals surface area contributed by atoms with Gasteiger partial charge in [0.2, 0.25) is 0 Å². The van der Waals surface area contributed by atoms with Crippen molar-refractivity contribution in [2.24, 2.45) is 0 Å². The molecule has 1 aliphatic carbocycles. The molecule has 0 saturated heterocycles. The van der Waals surface area contributed by atoms with Gasteiger partial charge in [0.15, 0.2) is 0 Å². The summed E-state index contributed by atoms with van der Waals surface area (Å²) in [5, 5.41) is 12.3. The summed E-state index contributed by atoms with van der Waals surface area (Å²) in [5.41, 5.74) is 0.231. The number of halogens is 2. The van der Waals surface area contributed by atoms with Gasteiger partial charge < -0.3 is 10.4 Å². The molecule has 19 heavy (non-hydrogen) atoms. The van der Waals surface area contributed by atoms with Crippen molar-refractivity contribution in [2.75, 3.05) is 5.32 Å². The molecule has 0 bridgehead atoms. The second kappa shape index (κ2) is 4.66. The van der Waals surface area contributed by atoms with E-state index in [-0.39, 0.29) is 11.4 Å². The molecule has 2 aromatic rings. The van der Waals surface area contributed by atoms with Crippen molar-refractivity contribution in [3.8, 4) is 5.75 Å². The maximum Gasteiger partial charge on any atom is 0.150 e. The van der Waals surface area contributed by atoms with E-state index in [2.05, 4.69) is 15.3 Å².